The second-order valence-electron chi connectivity index (χ2n) is 2.74. The van der Waals surface area contributed by atoms with Crippen LogP contribution in [0.15, 0.2) is 0 Å². The number of halogens is 4. The molecule has 1 fully saturated rings. The summed E-state index contributed by atoms with van der Waals surface area (Å²) in [5, 5.41) is 2.39. The molecule has 66 valence electrons. The van der Waals surface area contributed by atoms with E-state index >= 15 is 0 Å². The van der Waals surface area contributed by atoms with Gasteiger partial charge in [0.25, 0.3) is 0 Å². The molecule has 1 unspecified atom stereocenters. The van der Waals surface area contributed by atoms with Crippen molar-refractivity contribution in [1.82, 2.24) is 5.32 Å². The van der Waals surface area contributed by atoms with Crippen LogP contribution >= 0.6 is 0 Å². The van der Waals surface area contributed by atoms with E-state index in [1.807, 2.05) is 0 Å². The van der Waals surface area contributed by atoms with Crippen LogP contribution in [0.1, 0.15) is 12.8 Å². The molecule has 1 saturated heterocycles. The van der Waals surface area contributed by atoms with E-state index in [1.165, 1.54) is 0 Å². The average Bonchev–Trinajstić information content (AvgIpc) is 1.87. The molecule has 1 atom stereocenters. The van der Waals surface area contributed by atoms with Crippen molar-refractivity contribution >= 4 is 0 Å². The van der Waals surface area contributed by atoms with Crippen LogP contribution in [0.5, 0.6) is 0 Å². The van der Waals surface area contributed by atoms with Crippen LogP contribution < -0.4 is 5.32 Å². The molecule has 1 aliphatic heterocycles. The summed E-state index contributed by atoms with van der Waals surface area (Å²) in [5.41, 5.74) is -2.99. The van der Waals surface area contributed by atoms with Gasteiger partial charge in [-0.05, 0) is 19.4 Å². The van der Waals surface area contributed by atoms with Crippen LogP contribution in [0.2, 0.25) is 0 Å². The summed E-state index contributed by atoms with van der Waals surface area (Å²) in [6.45, 7) is -0.127. The minimum atomic E-state index is -4.72. The lowest BCUT2D eigenvalue weighted by molar-refractivity contribution is -0.234. The van der Waals surface area contributed by atoms with Gasteiger partial charge in [-0.1, -0.05) is 0 Å². The van der Waals surface area contributed by atoms with Gasteiger partial charge < -0.3 is 5.32 Å². The molecular formula is C6H9F4N. The van der Waals surface area contributed by atoms with Crippen molar-refractivity contribution in [2.75, 3.05) is 13.1 Å². The smallest absolute Gasteiger partial charge is 0.313 e. The molecule has 1 N–H and O–H groups in total. The van der Waals surface area contributed by atoms with Gasteiger partial charge in [0.15, 0.2) is 0 Å². The lowest BCUT2D eigenvalue weighted by Crippen LogP contribution is -2.52. The molecule has 0 aromatic rings. The molecular weight excluding hydrogens is 162 g/mol. The SMILES string of the molecule is FC(F)(F)C1(F)CCCNC1. The fourth-order valence-electron chi connectivity index (χ4n) is 1.11. The van der Waals surface area contributed by atoms with Crippen molar-refractivity contribution in [3.8, 4) is 0 Å². The zero-order chi connectivity index (χ0) is 8.54. The Kier molecular flexibility index (Phi) is 2.09. The van der Waals surface area contributed by atoms with Gasteiger partial charge in [0.1, 0.15) is 0 Å². The summed E-state index contributed by atoms with van der Waals surface area (Å²) in [7, 11) is 0. The van der Waals surface area contributed by atoms with Crippen LogP contribution in [-0.4, -0.2) is 24.9 Å². The van der Waals surface area contributed by atoms with Crippen molar-refractivity contribution in [2.45, 2.75) is 24.7 Å². The molecule has 1 nitrogen and oxygen atoms in total. The summed E-state index contributed by atoms with van der Waals surface area (Å²) in [5.74, 6) is 0. The number of piperidine rings is 1. The first-order chi connectivity index (χ1) is 4.96. The van der Waals surface area contributed by atoms with Gasteiger partial charge in [-0.3, -0.25) is 0 Å². The Labute approximate surface area is 61.8 Å². The third-order valence-corrected chi connectivity index (χ3v) is 1.84. The largest absolute Gasteiger partial charge is 0.423 e. The Balaban J connectivity index is 2.64. The van der Waals surface area contributed by atoms with Gasteiger partial charge in [-0.2, -0.15) is 13.2 Å². The van der Waals surface area contributed by atoms with Crippen LogP contribution in [-0.2, 0) is 0 Å². The summed E-state index contributed by atoms with van der Waals surface area (Å²) in [6, 6.07) is 0. The third-order valence-electron chi connectivity index (χ3n) is 1.84. The van der Waals surface area contributed by atoms with Crippen LogP contribution in [0.25, 0.3) is 0 Å². The van der Waals surface area contributed by atoms with E-state index in [4.69, 9.17) is 0 Å². The Bertz CT molecular complexity index is 136. The molecule has 0 saturated carbocycles. The second kappa shape index (κ2) is 2.62. The highest BCUT2D eigenvalue weighted by atomic mass is 19.4. The maximum atomic E-state index is 12.9. The van der Waals surface area contributed by atoms with Gasteiger partial charge in [0, 0.05) is 6.54 Å². The number of hydrogen-bond donors (Lipinski definition) is 1. The van der Waals surface area contributed by atoms with Crippen LogP contribution in [0, 0.1) is 0 Å². The first-order valence-corrected chi connectivity index (χ1v) is 3.42. The Hall–Kier alpha value is -0.320. The van der Waals surface area contributed by atoms with Crippen molar-refractivity contribution in [1.29, 1.82) is 0 Å². The van der Waals surface area contributed by atoms with Crippen molar-refractivity contribution in [3.05, 3.63) is 0 Å². The highest BCUT2D eigenvalue weighted by Gasteiger charge is 2.55. The van der Waals surface area contributed by atoms with Gasteiger partial charge >= 0.3 is 6.18 Å². The van der Waals surface area contributed by atoms with E-state index < -0.39 is 24.8 Å². The van der Waals surface area contributed by atoms with E-state index in [2.05, 4.69) is 5.32 Å². The molecule has 11 heavy (non-hydrogen) atoms. The number of nitrogens with one attached hydrogen (secondary N) is 1. The maximum Gasteiger partial charge on any atom is 0.423 e. The lowest BCUT2D eigenvalue weighted by atomic mass is 9.96. The summed E-state index contributed by atoms with van der Waals surface area (Å²) >= 11 is 0. The normalized spacial score (nSPS) is 33.8. The molecule has 0 amide bonds. The zero-order valence-electron chi connectivity index (χ0n) is 5.84. The number of alkyl halides is 4. The first kappa shape index (κ1) is 8.77. The topological polar surface area (TPSA) is 12.0 Å². The fraction of sp³-hybridized carbons (Fsp3) is 1.00. The molecule has 0 aromatic carbocycles. The predicted octanol–water partition coefficient (Wildman–Crippen LogP) is 1.64. The van der Waals surface area contributed by atoms with E-state index in [0.29, 0.717) is 6.54 Å². The highest BCUT2D eigenvalue weighted by Crippen LogP contribution is 2.38. The van der Waals surface area contributed by atoms with Crippen molar-refractivity contribution < 1.29 is 17.6 Å². The molecule has 0 aromatic heterocycles. The second-order valence-corrected chi connectivity index (χ2v) is 2.74. The number of rotatable bonds is 0. The summed E-state index contributed by atoms with van der Waals surface area (Å²) < 4.78 is 48.6. The van der Waals surface area contributed by atoms with E-state index in [-0.39, 0.29) is 6.42 Å². The fourth-order valence-corrected chi connectivity index (χ4v) is 1.11. The molecule has 0 bridgehead atoms. The van der Waals surface area contributed by atoms with Crippen LogP contribution in [0.3, 0.4) is 0 Å². The molecule has 0 radical (unpaired) electrons. The Morgan fingerprint density at radius 2 is 1.91 bits per heavy atom. The molecule has 0 spiro atoms. The molecule has 0 aliphatic carbocycles. The van der Waals surface area contributed by atoms with E-state index in [1.54, 1.807) is 0 Å². The van der Waals surface area contributed by atoms with Crippen molar-refractivity contribution in [3.63, 3.8) is 0 Å². The van der Waals surface area contributed by atoms with E-state index in [0.717, 1.165) is 0 Å². The highest BCUT2D eigenvalue weighted by molar-refractivity contribution is 4.92. The maximum absolute atomic E-state index is 12.9. The zero-order valence-corrected chi connectivity index (χ0v) is 5.84. The lowest BCUT2D eigenvalue weighted by Gasteiger charge is -2.31. The van der Waals surface area contributed by atoms with Gasteiger partial charge in [0.05, 0.1) is 0 Å². The monoisotopic (exact) mass is 171 g/mol. The molecule has 1 aliphatic rings. The van der Waals surface area contributed by atoms with Gasteiger partial charge in [-0.25, -0.2) is 4.39 Å². The molecule has 1 heterocycles. The number of hydrogen-bond acceptors (Lipinski definition) is 1. The first-order valence-electron chi connectivity index (χ1n) is 3.42. The molecule has 1 rings (SSSR count). The quantitative estimate of drug-likeness (QED) is 0.546. The average molecular weight is 171 g/mol. The Morgan fingerprint density at radius 1 is 1.27 bits per heavy atom. The van der Waals surface area contributed by atoms with E-state index in [9.17, 15) is 17.6 Å². The molecule has 5 heteroatoms. The summed E-state index contributed by atoms with van der Waals surface area (Å²) in [6.07, 6.45) is -4.89. The van der Waals surface area contributed by atoms with Crippen molar-refractivity contribution in [2.24, 2.45) is 0 Å². The third kappa shape index (κ3) is 1.64. The van der Waals surface area contributed by atoms with Gasteiger partial charge in [-0.15, -0.1) is 0 Å². The predicted molar refractivity (Wildman–Crippen MR) is 32.0 cm³/mol. The Morgan fingerprint density at radius 3 is 2.18 bits per heavy atom. The van der Waals surface area contributed by atoms with Crippen LogP contribution in [0.4, 0.5) is 17.6 Å². The minimum Gasteiger partial charge on any atom is -0.313 e. The van der Waals surface area contributed by atoms with Gasteiger partial charge in [0.2, 0.25) is 5.67 Å². The minimum absolute atomic E-state index is 0.246. The standard InChI is InChI=1S/C6H9F4N/c7-5(6(8,9)10)2-1-3-11-4-5/h11H,1-4H2. The summed E-state index contributed by atoms with van der Waals surface area (Å²) in [4.78, 5) is 0.